The van der Waals surface area contributed by atoms with Gasteiger partial charge >= 0.3 is 5.97 Å². The van der Waals surface area contributed by atoms with E-state index in [0.717, 1.165) is 38.1 Å². The molecule has 2 rings (SSSR count). The lowest BCUT2D eigenvalue weighted by atomic mass is 10.2. The molecule has 18 heavy (non-hydrogen) atoms. The molecule has 1 saturated heterocycles. The number of carboxylic acid groups (broad SMARTS) is 1. The van der Waals surface area contributed by atoms with Crippen LogP contribution >= 0.6 is 0 Å². The van der Waals surface area contributed by atoms with E-state index in [9.17, 15) is 4.79 Å². The second-order valence-corrected chi connectivity index (χ2v) is 4.42. The van der Waals surface area contributed by atoms with Gasteiger partial charge in [-0.1, -0.05) is 6.07 Å². The number of aromatic nitrogens is 1. The van der Waals surface area contributed by atoms with Crippen LogP contribution in [0, 0.1) is 0 Å². The van der Waals surface area contributed by atoms with E-state index in [1.165, 1.54) is 6.07 Å². The van der Waals surface area contributed by atoms with Gasteiger partial charge in [-0.25, -0.2) is 9.78 Å². The van der Waals surface area contributed by atoms with Crippen LogP contribution in [-0.4, -0.2) is 35.3 Å². The maximum Gasteiger partial charge on any atom is 0.354 e. The Balaban J connectivity index is 1.72. The molecule has 1 fully saturated rings. The van der Waals surface area contributed by atoms with Gasteiger partial charge in [-0.2, -0.15) is 0 Å². The van der Waals surface area contributed by atoms with Crippen molar-refractivity contribution >= 4 is 5.97 Å². The van der Waals surface area contributed by atoms with Gasteiger partial charge in [0.1, 0.15) is 5.69 Å². The summed E-state index contributed by atoms with van der Waals surface area (Å²) in [5, 5.41) is 12.1. The topological polar surface area (TPSA) is 71.5 Å². The Hall–Kier alpha value is -1.46. The Kier molecular flexibility index (Phi) is 4.66. The summed E-state index contributed by atoms with van der Waals surface area (Å²) in [6.45, 7) is 2.34. The summed E-state index contributed by atoms with van der Waals surface area (Å²) in [7, 11) is 0. The minimum atomic E-state index is -0.990. The number of hydrogen-bond donors (Lipinski definition) is 2. The summed E-state index contributed by atoms with van der Waals surface area (Å²) in [5.74, 6) is -0.990. The zero-order chi connectivity index (χ0) is 12.8. The molecule has 1 aromatic heterocycles. The Labute approximate surface area is 106 Å². The van der Waals surface area contributed by atoms with Gasteiger partial charge in [-0.3, -0.25) is 0 Å². The maximum absolute atomic E-state index is 10.8. The van der Waals surface area contributed by atoms with Crippen molar-refractivity contribution in [2.75, 3.05) is 13.2 Å². The van der Waals surface area contributed by atoms with Gasteiger partial charge in [0.25, 0.3) is 0 Å². The number of nitrogens with zero attached hydrogens (tertiary/aromatic N) is 1. The lowest BCUT2D eigenvalue weighted by Crippen LogP contribution is -2.20. The van der Waals surface area contributed by atoms with E-state index in [-0.39, 0.29) is 5.69 Å². The molecule has 0 aromatic carbocycles. The Morgan fingerprint density at radius 1 is 1.56 bits per heavy atom. The fourth-order valence-corrected chi connectivity index (χ4v) is 2.05. The highest BCUT2D eigenvalue weighted by Crippen LogP contribution is 2.14. The molecule has 0 spiro atoms. The summed E-state index contributed by atoms with van der Waals surface area (Å²) in [5.41, 5.74) is 0.843. The molecule has 2 N–H and O–H groups in total. The number of carboxylic acids is 1. The monoisotopic (exact) mass is 250 g/mol. The second-order valence-electron chi connectivity index (χ2n) is 4.42. The summed E-state index contributed by atoms with van der Waals surface area (Å²) >= 11 is 0. The van der Waals surface area contributed by atoms with Crippen LogP contribution in [-0.2, 0) is 11.3 Å². The molecule has 0 amide bonds. The summed E-state index contributed by atoms with van der Waals surface area (Å²) in [6.07, 6.45) is 3.69. The molecule has 1 aliphatic heterocycles. The minimum absolute atomic E-state index is 0.0911. The molecule has 5 nitrogen and oxygen atoms in total. The summed E-state index contributed by atoms with van der Waals surface area (Å²) in [4.78, 5) is 14.8. The standard InChI is InChI=1S/C13H18N2O3/c16-13(17)12-5-1-3-10(15-12)9-14-7-6-11-4-2-8-18-11/h1,3,5,11,14H,2,4,6-9H2,(H,16,17). The number of rotatable bonds is 6. The molecule has 1 aromatic rings. The Morgan fingerprint density at radius 2 is 2.44 bits per heavy atom. The molecule has 0 aliphatic carbocycles. The van der Waals surface area contributed by atoms with Crippen LogP contribution < -0.4 is 5.32 Å². The van der Waals surface area contributed by atoms with Crippen LogP contribution in [0.25, 0.3) is 0 Å². The predicted molar refractivity (Wildman–Crippen MR) is 66.5 cm³/mol. The molecule has 0 radical (unpaired) electrons. The third-order valence-corrected chi connectivity index (χ3v) is 3.00. The van der Waals surface area contributed by atoms with E-state index in [4.69, 9.17) is 9.84 Å². The quantitative estimate of drug-likeness (QED) is 0.747. The van der Waals surface area contributed by atoms with E-state index in [0.29, 0.717) is 12.6 Å². The van der Waals surface area contributed by atoms with Gasteiger partial charge < -0.3 is 15.2 Å². The predicted octanol–water partition coefficient (Wildman–Crippen LogP) is 1.44. The van der Waals surface area contributed by atoms with E-state index < -0.39 is 5.97 Å². The number of aromatic carboxylic acids is 1. The first kappa shape index (κ1) is 13.0. The van der Waals surface area contributed by atoms with Crippen LogP contribution in [0.5, 0.6) is 0 Å². The van der Waals surface area contributed by atoms with Gasteiger partial charge in [0.15, 0.2) is 0 Å². The Morgan fingerprint density at radius 3 is 3.17 bits per heavy atom. The van der Waals surface area contributed by atoms with Crippen molar-refractivity contribution in [1.29, 1.82) is 0 Å². The molecular formula is C13H18N2O3. The lowest BCUT2D eigenvalue weighted by molar-refractivity contribution is 0.0690. The molecule has 0 saturated carbocycles. The highest BCUT2D eigenvalue weighted by Gasteiger charge is 2.14. The highest BCUT2D eigenvalue weighted by atomic mass is 16.5. The van der Waals surface area contributed by atoms with Crippen LogP contribution in [0.4, 0.5) is 0 Å². The fraction of sp³-hybridized carbons (Fsp3) is 0.538. The van der Waals surface area contributed by atoms with Gasteiger partial charge in [0.2, 0.25) is 0 Å². The zero-order valence-corrected chi connectivity index (χ0v) is 10.3. The maximum atomic E-state index is 10.8. The summed E-state index contributed by atoms with van der Waals surface area (Å²) < 4.78 is 5.52. The largest absolute Gasteiger partial charge is 0.477 e. The molecule has 0 bridgehead atoms. The van der Waals surface area contributed by atoms with Crippen molar-refractivity contribution in [2.24, 2.45) is 0 Å². The smallest absolute Gasteiger partial charge is 0.354 e. The van der Waals surface area contributed by atoms with Crippen molar-refractivity contribution in [2.45, 2.75) is 31.9 Å². The van der Waals surface area contributed by atoms with Gasteiger partial charge in [-0.15, -0.1) is 0 Å². The van der Waals surface area contributed by atoms with Gasteiger partial charge in [0.05, 0.1) is 11.8 Å². The van der Waals surface area contributed by atoms with E-state index in [1.807, 2.05) is 6.07 Å². The van der Waals surface area contributed by atoms with Crippen molar-refractivity contribution in [3.63, 3.8) is 0 Å². The molecule has 1 aliphatic rings. The molecule has 1 atom stereocenters. The average molecular weight is 250 g/mol. The van der Waals surface area contributed by atoms with Crippen LogP contribution in [0.15, 0.2) is 18.2 Å². The number of hydrogen-bond acceptors (Lipinski definition) is 4. The van der Waals surface area contributed by atoms with Gasteiger partial charge in [0, 0.05) is 13.2 Å². The van der Waals surface area contributed by atoms with Crippen LogP contribution in [0.2, 0.25) is 0 Å². The lowest BCUT2D eigenvalue weighted by Gasteiger charge is -2.09. The first-order chi connectivity index (χ1) is 8.75. The molecule has 98 valence electrons. The zero-order valence-electron chi connectivity index (χ0n) is 10.3. The van der Waals surface area contributed by atoms with Crippen LogP contribution in [0.3, 0.4) is 0 Å². The molecule has 1 unspecified atom stereocenters. The first-order valence-electron chi connectivity index (χ1n) is 6.27. The fourth-order valence-electron chi connectivity index (χ4n) is 2.05. The molecular weight excluding hydrogens is 232 g/mol. The second kappa shape index (κ2) is 6.47. The van der Waals surface area contributed by atoms with Crippen molar-refractivity contribution in [1.82, 2.24) is 10.3 Å². The summed E-state index contributed by atoms with van der Waals surface area (Å²) in [6, 6.07) is 5.04. The number of nitrogens with one attached hydrogen (secondary N) is 1. The Bertz CT molecular complexity index is 403. The number of ether oxygens (including phenoxy) is 1. The van der Waals surface area contributed by atoms with Crippen molar-refractivity contribution in [3.8, 4) is 0 Å². The third-order valence-electron chi connectivity index (χ3n) is 3.00. The van der Waals surface area contributed by atoms with Gasteiger partial charge in [-0.05, 0) is 37.9 Å². The SMILES string of the molecule is O=C(O)c1cccc(CNCCC2CCCO2)n1. The van der Waals surface area contributed by atoms with E-state index >= 15 is 0 Å². The minimum Gasteiger partial charge on any atom is -0.477 e. The van der Waals surface area contributed by atoms with Crippen molar-refractivity contribution in [3.05, 3.63) is 29.6 Å². The van der Waals surface area contributed by atoms with E-state index in [2.05, 4.69) is 10.3 Å². The molecule has 2 heterocycles. The average Bonchev–Trinajstić information content (AvgIpc) is 2.88. The normalized spacial score (nSPS) is 19.0. The number of carbonyl (C=O) groups is 1. The third kappa shape index (κ3) is 3.78. The van der Waals surface area contributed by atoms with Crippen LogP contribution in [0.1, 0.15) is 35.4 Å². The first-order valence-corrected chi connectivity index (χ1v) is 6.27. The van der Waals surface area contributed by atoms with Crippen molar-refractivity contribution < 1.29 is 14.6 Å². The number of pyridine rings is 1. The highest BCUT2D eigenvalue weighted by molar-refractivity contribution is 5.85. The van der Waals surface area contributed by atoms with E-state index in [1.54, 1.807) is 6.07 Å². The molecule has 5 heteroatoms.